The van der Waals surface area contributed by atoms with E-state index in [0.717, 1.165) is 32.5 Å². The van der Waals surface area contributed by atoms with Crippen molar-refractivity contribution in [2.45, 2.75) is 38.2 Å². The van der Waals surface area contributed by atoms with Gasteiger partial charge in [-0.3, -0.25) is 10.2 Å². The van der Waals surface area contributed by atoms with Crippen molar-refractivity contribution >= 4 is 5.91 Å². The number of nitrogens with zero attached hydrogens (tertiary/aromatic N) is 1. The number of amides is 1. The minimum absolute atomic E-state index is 0.0817. The number of likely N-dealkylation sites (N-methyl/N-ethyl adjacent to an activating group) is 1. The molecule has 16 heavy (non-hydrogen) atoms. The average Bonchev–Trinajstić information content (AvgIpc) is 2.76. The van der Waals surface area contributed by atoms with Crippen molar-refractivity contribution < 1.29 is 9.53 Å². The Morgan fingerprint density at radius 3 is 3.00 bits per heavy atom. The van der Waals surface area contributed by atoms with E-state index in [1.807, 2.05) is 0 Å². The van der Waals surface area contributed by atoms with E-state index < -0.39 is 0 Å². The van der Waals surface area contributed by atoms with E-state index in [1.54, 1.807) is 0 Å². The zero-order chi connectivity index (χ0) is 11.8. The molecule has 5 nitrogen and oxygen atoms in total. The van der Waals surface area contributed by atoms with Crippen molar-refractivity contribution in [3.05, 3.63) is 0 Å². The van der Waals surface area contributed by atoms with Crippen molar-refractivity contribution in [2.75, 3.05) is 26.7 Å². The van der Waals surface area contributed by atoms with Crippen LogP contribution < -0.4 is 11.3 Å². The van der Waals surface area contributed by atoms with Crippen LogP contribution >= 0.6 is 0 Å². The minimum atomic E-state index is -0.0817. The molecular weight excluding hydrogens is 206 g/mol. The van der Waals surface area contributed by atoms with Gasteiger partial charge in [0.05, 0.1) is 6.10 Å². The lowest BCUT2D eigenvalue weighted by atomic mass is 10.2. The van der Waals surface area contributed by atoms with Gasteiger partial charge in [0.2, 0.25) is 5.91 Å². The van der Waals surface area contributed by atoms with Gasteiger partial charge in [-0.1, -0.05) is 0 Å². The Morgan fingerprint density at radius 2 is 2.38 bits per heavy atom. The molecule has 0 bridgehead atoms. The molecule has 1 heterocycles. The Kier molecular flexibility index (Phi) is 6.37. The van der Waals surface area contributed by atoms with E-state index in [4.69, 9.17) is 10.6 Å². The fourth-order valence-electron chi connectivity index (χ4n) is 1.97. The standard InChI is InChI=1S/C11H23N3O2/c1-14(9-10-5-4-8-16-10)7-3-2-6-11(15)13-12/h10H,2-9,12H2,1H3,(H,13,15). The summed E-state index contributed by atoms with van der Waals surface area (Å²) in [7, 11) is 2.10. The van der Waals surface area contributed by atoms with Gasteiger partial charge >= 0.3 is 0 Å². The SMILES string of the molecule is CN(CCCCC(=O)NN)CC1CCCO1. The van der Waals surface area contributed by atoms with Gasteiger partial charge in [-0.05, 0) is 39.3 Å². The van der Waals surface area contributed by atoms with Crippen LogP contribution in [-0.4, -0.2) is 43.7 Å². The first kappa shape index (κ1) is 13.4. The molecule has 0 aromatic rings. The van der Waals surface area contributed by atoms with Gasteiger partial charge in [0, 0.05) is 19.6 Å². The van der Waals surface area contributed by atoms with Crippen LogP contribution in [0.4, 0.5) is 0 Å². The number of nitrogens with two attached hydrogens (primary N) is 1. The molecule has 1 saturated heterocycles. The fraction of sp³-hybridized carbons (Fsp3) is 0.909. The van der Waals surface area contributed by atoms with Crippen molar-refractivity contribution in [2.24, 2.45) is 5.84 Å². The number of hydrogen-bond acceptors (Lipinski definition) is 4. The van der Waals surface area contributed by atoms with Gasteiger partial charge < -0.3 is 9.64 Å². The summed E-state index contributed by atoms with van der Waals surface area (Å²) >= 11 is 0. The second-order valence-electron chi connectivity index (χ2n) is 4.42. The normalized spacial score (nSPS) is 20.3. The zero-order valence-corrected chi connectivity index (χ0v) is 10.1. The quantitative estimate of drug-likeness (QED) is 0.284. The molecule has 94 valence electrons. The first-order chi connectivity index (χ1) is 7.72. The van der Waals surface area contributed by atoms with Gasteiger partial charge in [-0.15, -0.1) is 0 Å². The summed E-state index contributed by atoms with van der Waals surface area (Å²) in [6.07, 6.45) is 5.21. The average molecular weight is 229 g/mol. The van der Waals surface area contributed by atoms with Crippen LogP contribution in [0.1, 0.15) is 32.1 Å². The number of nitrogens with one attached hydrogen (secondary N) is 1. The first-order valence-electron chi connectivity index (χ1n) is 6.02. The second-order valence-corrected chi connectivity index (χ2v) is 4.42. The number of hydrogen-bond donors (Lipinski definition) is 2. The topological polar surface area (TPSA) is 67.6 Å². The van der Waals surface area contributed by atoms with Crippen LogP contribution in [0, 0.1) is 0 Å². The summed E-state index contributed by atoms with van der Waals surface area (Å²) in [5.74, 6) is 4.91. The highest BCUT2D eigenvalue weighted by molar-refractivity contribution is 5.74. The van der Waals surface area contributed by atoms with Crippen LogP contribution in [0.25, 0.3) is 0 Å². The third-order valence-electron chi connectivity index (χ3n) is 2.89. The largest absolute Gasteiger partial charge is 0.377 e. The highest BCUT2D eigenvalue weighted by atomic mass is 16.5. The van der Waals surface area contributed by atoms with Crippen molar-refractivity contribution in [1.82, 2.24) is 10.3 Å². The Bertz CT molecular complexity index is 205. The van der Waals surface area contributed by atoms with Crippen molar-refractivity contribution in [3.8, 4) is 0 Å². The van der Waals surface area contributed by atoms with Gasteiger partial charge in [-0.2, -0.15) is 0 Å². The van der Waals surface area contributed by atoms with E-state index in [1.165, 1.54) is 12.8 Å². The van der Waals surface area contributed by atoms with Crippen LogP contribution in [0.3, 0.4) is 0 Å². The molecule has 5 heteroatoms. The summed E-state index contributed by atoms with van der Waals surface area (Å²) in [4.78, 5) is 13.1. The molecule has 0 radical (unpaired) electrons. The molecular formula is C11H23N3O2. The van der Waals surface area contributed by atoms with Crippen LogP contribution in [-0.2, 0) is 9.53 Å². The highest BCUT2D eigenvalue weighted by Crippen LogP contribution is 2.12. The van der Waals surface area contributed by atoms with Crippen LogP contribution in [0.15, 0.2) is 0 Å². The number of ether oxygens (including phenoxy) is 1. The smallest absolute Gasteiger partial charge is 0.233 e. The number of carbonyl (C=O) groups excluding carboxylic acids is 1. The predicted octanol–water partition coefficient (Wildman–Crippen LogP) is 0.257. The zero-order valence-electron chi connectivity index (χ0n) is 10.1. The molecule has 1 aliphatic rings. The van der Waals surface area contributed by atoms with E-state index in [0.29, 0.717) is 12.5 Å². The molecule has 0 aromatic heterocycles. The molecule has 0 aromatic carbocycles. The van der Waals surface area contributed by atoms with Gasteiger partial charge in [0.15, 0.2) is 0 Å². The van der Waals surface area contributed by atoms with E-state index >= 15 is 0 Å². The molecule has 1 atom stereocenters. The summed E-state index contributed by atoms with van der Waals surface area (Å²) < 4.78 is 5.56. The monoisotopic (exact) mass is 229 g/mol. The lowest BCUT2D eigenvalue weighted by Crippen LogP contribution is -2.31. The van der Waals surface area contributed by atoms with Crippen molar-refractivity contribution in [1.29, 1.82) is 0 Å². The number of rotatable bonds is 7. The molecule has 1 unspecified atom stereocenters. The highest BCUT2D eigenvalue weighted by Gasteiger charge is 2.16. The lowest BCUT2D eigenvalue weighted by molar-refractivity contribution is -0.121. The van der Waals surface area contributed by atoms with Gasteiger partial charge in [0.1, 0.15) is 0 Å². The Hall–Kier alpha value is -0.650. The maximum Gasteiger partial charge on any atom is 0.233 e. The third kappa shape index (κ3) is 5.44. The summed E-state index contributed by atoms with van der Waals surface area (Å²) in [5, 5.41) is 0. The molecule has 3 N–H and O–H groups in total. The van der Waals surface area contributed by atoms with E-state index in [-0.39, 0.29) is 5.91 Å². The Labute approximate surface area is 97.3 Å². The maximum atomic E-state index is 10.9. The second kappa shape index (κ2) is 7.60. The molecule has 1 rings (SSSR count). The summed E-state index contributed by atoms with van der Waals surface area (Å²) in [6.45, 7) is 2.93. The van der Waals surface area contributed by atoms with E-state index in [2.05, 4.69) is 17.4 Å². The van der Waals surface area contributed by atoms with E-state index in [9.17, 15) is 4.79 Å². The van der Waals surface area contributed by atoms with Crippen LogP contribution in [0.2, 0.25) is 0 Å². The Morgan fingerprint density at radius 1 is 1.56 bits per heavy atom. The molecule has 0 spiro atoms. The number of carbonyl (C=O) groups is 1. The summed E-state index contributed by atoms with van der Waals surface area (Å²) in [5.41, 5.74) is 2.14. The number of hydrazine groups is 1. The lowest BCUT2D eigenvalue weighted by Gasteiger charge is -2.20. The molecule has 1 amide bonds. The minimum Gasteiger partial charge on any atom is -0.377 e. The molecule has 1 aliphatic heterocycles. The fourth-order valence-corrected chi connectivity index (χ4v) is 1.97. The Balaban J connectivity index is 1.97. The predicted molar refractivity (Wildman–Crippen MR) is 62.7 cm³/mol. The maximum absolute atomic E-state index is 10.9. The molecule has 0 saturated carbocycles. The summed E-state index contributed by atoms with van der Waals surface area (Å²) in [6, 6.07) is 0. The third-order valence-corrected chi connectivity index (χ3v) is 2.89. The number of unbranched alkanes of at least 4 members (excludes halogenated alkanes) is 1. The van der Waals surface area contributed by atoms with Gasteiger partial charge in [-0.25, -0.2) is 5.84 Å². The van der Waals surface area contributed by atoms with Crippen molar-refractivity contribution in [3.63, 3.8) is 0 Å². The first-order valence-corrected chi connectivity index (χ1v) is 6.02. The van der Waals surface area contributed by atoms with Gasteiger partial charge in [0.25, 0.3) is 0 Å². The van der Waals surface area contributed by atoms with Crippen LogP contribution in [0.5, 0.6) is 0 Å². The molecule has 0 aliphatic carbocycles. The molecule has 1 fully saturated rings.